The SMILES string of the molecule is CCCC(=O)NCCOCCOCCOCCOCCC(C)C.[HH]. The Bertz CT molecular complexity index is 267. The molecule has 0 saturated heterocycles. The molecule has 0 aliphatic heterocycles. The third-order valence-electron chi connectivity index (χ3n) is 3.00. The molecule has 0 bridgehead atoms. The van der Waals surface area contributed by atoms with Gasteiger partial charge in [0.15, 0.2) is 0 Å². The largest absolute Gasteiger partial charge is 0.379 e. The predicted molar refractivity (Wildman–Crippen MR) is 92.8 cm³/mol. The van der Waals surface area contributed by atoms with Gasteiger partial charge in [-0.15, -0.1) is 0 Å². The van der Waals surface area contributed by atoms with Gasteiger partial charge in [-0.2, -0.15) is 0 Å². The molecule has 0 radical (unpaired) electrons. The second-order valence-corrected chi connectivity index (χ2v) is 5.73. The molecule has 23 heavy (non-hydrogen) atoms. The molecule has 0 aromatic rings. The van der Waals surface area contributed by atoms with E-state index in [-0.39, 0.29) is 7.33 Å². The maximum absolute atomic E-state index is 11.2. The van der Waals surface area contributed by atoms with Crippen LogP contribution in [0.2, 0.25) is 0 Å². The smallest absolute Gasteiger partial charge is 0.220 e. The van der Waals surface area contributed by atoms with Crippen LogP contribution in [-0.2, 0) is 23.7 Å². The Kier molecular flexibility index (Phi) is 17.1. The van der Waals surface area contributed by atoms with Gasteiger partial charge in [0.2, 0.25) is 5.91 Å². The fourth-order valence-electron chi connectivity index (χ4n) is 1.66. The van der Waals surface area contributed by atoms with Crippen LogP contribution in [0.15, 0.2) is 0 Å². The summed E-state index contributed by atoms with van der Waals surface area (Å²) >= 11 is 0. The summed E-state index contributed by atoms with van der Waals surface area (Å²) in [7, 11) is 0. The second-order valence-electron chi connectivity index (χ2n) is 5.73. The topological polar surface area (TPSA) is 66.0 Å². The molecule has 0 heterocycles. The van der Waals surface area contributed by atoms with Gasteiger partial charge in [0.25, 0.3) is 0 Å². The van der Waals surface area contributed by atoms with Crippen molar-refractivity contribution >= 4 is 5.91 Å². The standard InChI is InChI=1S/C17H35NO5.H2/c1-4-5-17(19)18-7-9-21-11-13-23-15-14-22-12-10-20-8-6-16(2)3;/h16H,4-15H2,1-3H3,(H,18,19);1H. The fourth-order valence-corrected chi connectivity index (χ4v) is 1.66. The minimum absolute atomic E-state index is 0. The summed E-state index contributed by atoms with van der Waals surface area (Å²) in [6.45, 7) is 11.7. The summed E-state index contributed by atoms with van der Waals surface area (Å²) in [5.74, 6) is 0.761. The average Bonchev–Trinajstić information content (AvgIpc) is 2.51. The molecule has 0 spiro atoms. The zero-order valence-electron chi connectivity index (χ0n) is 15.1. The number of carbonyl (C=O) groups excluding carboxylic acids is 1. The van der Waals surface area contributed by atoms with Gasteiger partial charge >= 0.3 is 0 Å². The summed E-state index contributed by atoms with van der Waals surface area (Å²) in [5.41, 5.74) is 0. The zero-order chi connectivity index (χ0) is 17.2. The molecule has 0 aromatic heterocycles. The van der Waals surface area contributed by atoms with Crippen molar-refractivity contribution in [3.05, 3.63) is 0 Å². The number of carbonyl (C=O) groups is 1. The van der Waals surface area contributed by atoms with E-state index < -0.39 is 0 Å². The minimum atomic E-state index is 0. The monoisotopic (exact) mass is 335 g/mol. The molecule has 0 fully saturated rings. The van der Waals surface area contributed by atoms with Crippen molar-refractivity contribution in [3.8, 4) is 0 Å². The van der Waals surface area contributed by atoms with E-state index in [0.29, 0.717) is 65.1 Å². The van der Waals surface area contributed by atoms with E-state index in [4.69, 9.17) is 18.9 Å². The van der Waals surface area contributed by atoms with E-state index in [1.54, 1.807) is 0 Å². The Morgan fingerprint density at radius 3 is 1.83 bits per heavy atom. The number of ether oxygens (including phenoxy) is 4. The van der Waals surface area contributed by atoms with Gasteiger partial charge in [0, 0.05) is 21.0 Å². The number of amides is 1. The first-order valence-corrected chi connectivity index (χ1v) is 8.74. The van der Waals surface area contributed by atoms with E-state index in [1.807, 2.05) is 6.92 Å². The van der Waals surface area contributed by atoms with Gasteiger partial charge in [-0.1, -0.05) is 20.8 Å². The van der Waals surface area contributed by atoms with E-state index in [0.717, 1.165) is 19.4 Å². The Labute approximate surface area is 142 Å². The lowest BCUT2D eigenvalue weighted by atomic mass is 10.1. The first-order valence-electron chi connectivity index (χ1n) is 8.74. The van der Waals surface area contributed by atoms with E-state index in [2.05, 4.69) is 19.2 Å². The molecule has 1 N–H and O–H groups in total. The zero-order valence-corrected chi connectivity index (χ0v) is 15.1. The molecule has 6 nitrogen and oxygen atoms in total. The molecule has 0 saturated carbocycles. The van der Waals surface area contributed by atoms with Gasteiger partial charge in [0.1, 0.15) is 0 Å². The van der Waals surface area contributed by atoms with Crippen LogP contribution in [0.3, 0.4) is 0 Å². The number of nitrogens with one attached hydrogen (secondary N) is 1. The van der Waals surface area contributed by atoms with Crippen LogP contribution >= 0.6 is 0 Å². The minimum Gasteiger partial charge on any atom is -0.379 e. The third-order valence-corrected chi connectivity index (χ3v) is 3.00. The molecule has 1 amide bonds. The highest BCUT2D eigenvalue weighted by molar-refractivity contribution is 5.75. The number of hydrogen-bond acceptors (Lipinski definition) is 5. The average molecular weight is 335 g/mol. The van der Waals surface area contributed by atoms with Crippen LogP contribution in [0, 0.1) is 5.92 Å². The molecule has 140 valence electrons. The van der Waals surface area contributed by atoms with Crippen molar-refractivity contribution < 1.29 is 25.2 Å². The van der Waals surface area contributed by atoms with E-state index in [1.165, 1.54) is 0 Å². The normalized spacial score (nSPS) is 11.1. The van der Waals surface area contributed by atoms with Gasteiger partial charge < -0.3 is 24.3 Å². The molecule has 0 aliphatic carbocycles. The summed E-state index contributed by atoms with van der Waals surface area (Å²) < 4.78 is 21.6. The second kappa shape index (κ2) is 17.7. The molecular formula is C17H37NO5. The Hall–Kier alpha value is -0.690. The Morgan fingerprint density at radius 1 is 0.870 bits per heavy atom. The highest BCUT2D eigenvalue weighted by Crippen LogP contribution is 1.98. The number of rotatable bonds is 17. The van der Waals surface area contributed by atoms with Crippen molar-refractivity contribution in [2.75, 3.05) is 59.4 Å². The van der Waals surface area contributed by atoms with Crippen LogP contribution in [0.25, 0.3) is 0 Å². The van der Waals surface area contributed by atoms with Crippen molar-refractivity contribution in [1.29, 1.82) is 0 Å². The maximum atomic E-state index is 11.2. The van der Waals surface area contributed by atoms with Crippen LogP contribution in [0.4, 0.5) is 0 Å². The van der Waals surface area contributed by atoms with Crippen LogP contribution in [0.1, 0.15) is 41.5 Å². The lowest BCUT2D eigenvalue weighted by Crippen LogP contribution is -2.27. The first-order chi connectivity index (χ1) is 11.2. The van der Waals surface area contributed by atoms with Crippen molar-refractivity contribution in [2.24, 2.45) is 5.92 Å². The highest BCUT2D eigenvalue weighted by Gasteiger charge is 1.98. The molecule has 0 aliphatic rings. The van der Waals surface area contributed by atoms with Gasteiger partial charge in [0.05, 0.1) is 46.2 Å². The molecule has 0 aromatic carbocycles. The summed E-state index contributed by atoms with van der Waals surface area (Å²) in [4.78, 5) is 11.2. The molecule has 0 rings (SSSR count). The molecule has 6 heteroatoms. The van der Waals surface area contributed by atoms with Gasteiger partial charge in [-0.3, -0.25) is 4.79 Å². The van der Waals surface area contributed by atoms with Crippen LogP contribution in [0.5, 0.6) is 0 Å². The predicted octanol–water partition coefficient (Wildman–Crippen LogP) is 2.26. The highest BCUT2D eigenvalue weighted by atomic mass is 16.6. The number of hydrogen-bond donors (Lipinski definition) is 1. The molecule has 0 atom stereocenters. The summed E-state index contributed by atoms with van der Waals surface area (Å²) in [6.07, 6.45) is 2.53. The lowest BCUT2D eigenvalue weighted by Gasteiger charge is -2.08. The van der Waals surface area contributed by atoms with E-state index >= 15 is 0 Å². The van der Waals surface area contributed by atoms with Crippen LogP contribution in [-0.4, -0.2) is 65.3 Å². The molecular weight excluding hydrogens is 298 g/mol. The Morgan fingerprint density at radius 2 is 1.35 bits per heavy atom. The van der Waals surface area contributed by atoms with E-state index in [9.17, 15) is 4.79 Å². The van der Waals surface area contributed by atoms with Gasteiger partial charge in [-0.25, -0.2) is 0 Å². The summed E-state index contributed by atoms with van der Waals surface area (Å²) in [5, 5.41) is 2.79. The van der Waals surface area contributed by atoms with Crippen LogP contribution < -0.4 is 5.32 Å². The van der Waals surface area contributed by atoms with Gasteiger partial charge in [-0.05, 0) is 18.8 Å². The van der Waals surface area contributed by atoms with Crippen molar-refractivity contribution in [1.82, 2.24) is 5.32 Å². The van der Waals surface area contributed by atoms with Crippen molar-refractivity contribution in [2.45, 2.75) is 40.0 Å². The van der Waals surface area contributed by atoms with Crippen molar-refractivity contribution in [3.63, 3.8) is 0 Å². The maximum Gasteiger partial charge on any atom is 0.220 e. The summed E-state index contributed by atoms with van der Waals surface area (Å²) in [6, 6.07) is 0. The fraction of sp³-hybridized carbons (Fsp3) is 0.941. The quantitative estimate of drug-likeness (QED) is 0.413. The lowest BCUT2D eigenvalue weighted by molar-refractivity contribution is -0.121. The third kappa shape index (κ3) is 19.3. The Balaban J connectivity index is 0. The first kappa shape index (κ1) is 22.3. The molecule has 0 unspecified atom stereocenters.